The Labute approximate surface area is 93.3 Å². The first kappa shape index (κ1) is 12.0. The van der Waals surface area contributed by atoms with Crippen LogP contribution in [-0.2, 0) is 4.79 Å². The molecule has 0 amide bonds. The van der Waals surface area contributed by atoms with E-state index in [1.165, 1.54) is 21.1 Å². The molecule has 86 valence electrons. The predicted molar refractivity (Wildman–Crippen MR) is 58.6 cm³/mol. The van der Waals surface area contributed by atoms with Crippen LogP contribution in [-0.4, -0.2) is 30.9 Å². The average Bonchev–Trinajstić information content (AvgIpc) is 2.29. The molecule has 1 rings (SSSR count). The van der Waals surface area contributed by atoms with Gasteiger partial charge in [-0.1, -0.05) is 5.16 Å². The molecule has 0 saturated carbocycles. The Morgan fingerprint density at radius 2 is 1.88 bits per heavy atom. The molecular formula is C11H13NO4. The number of nitrogens with zero attached hydrogens (tertiary/aromatic N) is 1. The van der Waals surface area contributed by atoms with Crippen molar-refractivity contribution < 1.29 is 19.5 Å². The first-order valence-corrected chi connectivity index (χ1v) is 4.59. The Hall–Kier alpha value is -2.04. The number of ketones is 1. The van der Waals surface area contributed by atoms with E-state index in [0.29, 0.717) is 17.1 Å². The summed E-state index contributed by atoms with van der Waals surface area (Å²) in [6.07, 6.45) is 0. The Kier molecular flexibility index (Phi) is 3.88. The van der Waals surface area contributed by atoms with Gasteiger partial charge in [0.1, 0.15) is 0 Å². The highest BCUT2D eigenvalue weighted by Crippen LogP contribution is 2.27. The number of hydrogen-bond acceptors (Lipinski definition) is 5. The summed E-state index contributed by atoms with van der Waals surface area (Å²) in [5, 5.41) is 11.7. The molecule has 0 aliphatic heterocycles. The van der Waals surface area contributed by atoms with Gasteiger partial charge in [-0.25, -0.2) is 0 Å². The normalized spacial score (nSPS) is 11.1. The van der Waals surface area contributed by atoms with Crippen LogP contribution in [0.5, 0.6) is 11.5 Å². The highest BCUT2D eigenvalue weighted by atomic mass is 16.5. The Morgan fingerprint density at radius 1 is 1.25 bits per heavy atom. The van der Waals surface area contributed by atoms with E-state index in [1.807, 2.05) is 0 Å². The lowest BCUT2D eigenvalue weighted by Gasteiger charge is -2.09. The first-order valence-electron chi connectivity index (χ1n) is 4.59. The van der Waals surface area contributed by atoms with Crippen molar-refractivity contribution in [3.8, 4) is 11.5 Å². The fourth-order valence-electron chi connectivity index (χ4n) is 1.31. The second-order valence-electron chi connectivity index (χ2n) is 3.07. The summed E-state index contributed by atoms with van der Waals surface area (Å²) in [7, 11) is 3.01. The summed E-state index contributed by atoms with van der Waals surface area (Å²) in [4.78, 5) is 11.2. The van der Waals surface area contributed by atoms with E-state index in [1.54, 1.807) is 18.2 Å². The molecule has 0 unspecified atom stereocenters. The molecule has 0 heterocycles. The summed E-state index contributed by atoms with van der Waals surface area (Å²) in [6.45, 7) is 1.33. The topological polar surface area (TPSA) is 68.1 Å². The number of ether oxygens (including phenoxy) is 2. The highest BCUT2D eigenvalue weighted by Gasteiger charge is 2.13. The monoisotopic (exact) mass is 223 g/mol. The fraction of sp³-hybridized carbons (Fsp3) is 0.273. The summed E-state index contributed by atoms with van der Waals surface area (Å²) < 4.78 is 10.1. The summed E-state index contributed by atoms with van der Waals surface area (Å²) in [6, 6.07) is 4.84. The minimum Gasteiger partial charge on any atom is -0.493 e. The van der Waals surface area contributed by atoms with E-state index >= 15 is 0 Å². The van der Waals surface area contributed by atoms with Crippen LogP contribution in [0.2, 0.25) is 0 Å². The predicted octanol–water partition coefficient (Wildman–Crippen LogP) is 1.47. The fourth-order valence-corrected chi connectivity index (χ4v) is 1.31. The zero-order valence-electron chi connectivity index (χ0n) is 9.35. The van der Waals surface area contributed by atoms with Gasteiger partial charge in [0.05, 0.1) is 14.2 Å². The molecule has 16 heavy (non-hydrogen) atoms. The third kappa shape index (κ3) is 2.31. The number of oxime groups is 1. The number of Topliss-reactive ketones (excluding diaryl/α,β-unsaturated/α-hetero) is 1. The van der Waals surface area contributed by atoms with Crippen LogP contribution in [0.1, 0.15) is 12.5 Å². The number of hydrogen-bond donors (Lipinski definition) is 1. The molecule has 0 aliphatic rings. The van der Waals surface area contributed by atoms with Crippen LogP contribution >= 0.6 is 0 Å². The Bertz CT molecular complexity index is 426. The number of methoxy groups -OCH3 is 2. The van der Waals surface area contributed by atoms with Crippen molar-refractivity contribution in [1.29, 1.82) is 0 Å². The first-order chi connectivity index (χ1) is 7.63. The molecule has 0 atom stereocenters. The van der Waals surface area contributed by atoms with Crippen LogP contribution in [0, 0.1) is 0 Å². The van der Waals surface area contributed by atoms with Gasteiger partial charge >= 0.3 is 0 Å². The van der Waals surface area contributed by atoms with Crippen molar-refractivity contribution in [2.45, 2.75) is 6.92 Å². The molecule has 0 bridgehead atoms. The molecule has 0 radical (unpaired) electrons. The highest BCUT2D eigenvalue weighted by molar-refractivity contribution is 6.45. The minimum atomic E-state index is -0.324. The molecule has 0 fully saturated rings. The summed E-state index contributed by atoms with van der Waals surface area (Å²) in [5.74, 6) is 0.698. The van der Waals surface area contributed by atoms with Gasteiger partial charge in [0, 0.05) is 12.5 Å². The lowest BCUT2D eigenvalue weighted by Crippen LogP contribution is -2.11. The number of benzene rings is 1. The van der Waals surface area contributed by atoms with Gasteiger partial charge in [-0.2, -0.15) is 0 Å². The number of rotatable bonds is 4. The maximum atomic E-state index is 11.2. The zero-order valence-corrected chi connectivity index (χ0v) is 9.35. The molecule has 5 nitrogen and oxygen atoms in total. The molecule has 0 aromatic heterocycles. The molecule has 0 aliphatic carbocycles. The van der Waals surface area contributed by atoms with Crippen LogP contribution in [0.4, 0.5) is 0 Å². The van der Waals surface area contributed by atoms with E-state index in [9.17, 15) is 4.79 Å². The molecule has 0 saturated heterocycles. The van der Waals surface area contributed by atoms with E-state index < -0.39 is 0 Å². The largest absolute Gasteiger partial charge is 0.493 e. The van der Waals surface area contributed by atoms with E-state index in [2.05, 4.69) is 5.16 Å². The Morgan fingerprint density at radius 3 is 2.31 bits per heavy atom. The van der Waals surface area contributed by atoms with E-state index in [0.717, 1.165) is 0 Å². The van der Waals surface area contributed by atoms with Crippen molar-refractivity contribution in [2.24, 2.45) is 5.16 Å². The molecule has 0 spiro atoms. The standard InChI is InChI=1S/C11H13NO4/c1-7(13)11(12-14)8-4-5-9(15-2)10(6-8)16-3/h4-6,14H,1-3H3. The molecule has 1 N–H and O–H groups in total. The van der Waals surface area contributed by atoms with Gasteiger partial charge in [-0.3, -0.25) is 4.79 Å². The Balaban J connectivity index is 3.22. The van der Waals surface area contributed by atoms with Crippen LogP contribution < -0.4 is 9.47 Å². The van der Waals surface area contributed by atoms with Gasteiger partial charge < -0.3 is 14.7 Å². The number of carbonyl (C=O) groups excluding carboxylic acids is 1. The maximum Gasteiger partial charge on any atom is 0.182 e. The van der Waals surface area contributed by atoms with E-state index in [-0.39, 0.29) is 11.5 Å². The lowest BCUT2D eigenvalue weighted by molar-refractivity contribution is -0.111. The van der Waals surface area contributed by atoms with Crippen molar-refractivity contribution in [3.63, 3.8) is 0 Å². The van der Waals surface area contributed by atoms with Crippen LogP contribution in [0.25, 0.3) is 0 Å². The maximum absolute atomic E-state index is 11.2. The van der Waals surface area contributed by atoms with Crippen molar-refractivity contribution >= 4 is 11.5 Å². The van der Waals surface area contributed by atoms with Gasteiger partial charge in [0.15, 0.2) is 23.0 Å². The quantitative estimate of drug-likeness (QED) is 0.477. The van der Waals surface area contributed by atoms with Crippen molar-refractivity contribution in [1.82, 2.24) is 0 Å². The SMILES string of the molecule is COc1ccc(C(=NO)C(C)=O)cc1OC. The molecule has 1 aromatic rings. The van der Waals surface area contributed by atoms with Crippen LogP contribution in [0.15, 0.2) is 23.4 Å². The van der Waals surface area contributed by atoms with Crippen LogP contribution in [0.3, 0.4) is 0 Å². The minimum absolute atomic E-state index is 0.0130. The third-order valence-electron chi connectivity index (χ3n) is 2.09. The second kappa shape index (κ2) is 5.16. The zero-order chi connectivity index (χ0) is 12.1. The molecule has 5 heteroatoms. The molecule has 1 aromatic carbocycles. The second-order valence-corrected chi connectivity index (χ2v) is 3.07. The lowest BCUT2D eigenvalue weighted by atomic mass is 10.1. The smallest absolute Gasteiger partial charge is 0.182 e. The van der Waals surface area contributed by atoms with Gasteiger partial charge in [0.25, 0.3) is 0 Å². The van der Waals surface area contributed by atoms with Crippen molar-refractivity contribution in [3.05, 3.63) is 23.8 Å². The van der Waals surface area contributed by atoms with Crippen molar-refractivity contribution in [2.75, 3.05) is 14.2 Å². The van der Waals surface area contributed by atoms with E-state index in [4.69, 9.17) is 14.7 Å². The third-order valence-corrected chi connectivity index (χ3v) is 2.09. The van der Waals surface area contributed by atoms with Gasteiger partial charge in [0.2, 0.25) is 0 Å². The van der Waals surface area contributed by atoms with Gasteiger partial charge in [-0.05, 0) is 18.2 Å². The van der Waals surface area contributed by atoms with Gasteiger partial charge in [-0.15, -0.1) is 0 Å². The summed E-state index contributed by atoms with van der Waals surface area (Å²) >= 11 is 0. The number of carbonyl (C=O) groups is 1. The molecular weight excluding hydrogens is 210 g/mol. The summed E-state index contributed by atoms with van der Waals surface area (Å²) in [5.41, 5.74) is 0.466. The average molecular weight is 223 g/mol.